The van der Waals surface area contributed by atoms with Gasteiger partial charge in [-0.2, -0.15) is 0 Å². The summed E-state index contributed by atoms with van der Waals surface area (Å²) in [5.74, 6) is 1.24. The molecule has 0 bridgehead atoms. The zero-order valence-electron chi connectivity index (χ0n) is 22.6. The fraction of sp³-hybridized carbons (Fsp3) is 0.719. The van der Waals surface area contributed by atoms with Gasteiger partial charge in [-0.25, -0.2) is 9.18 Å². The van der Waals surface area contributed by atoms with Crippen LogP contribution in [0.2, 0.25) is 0 Å². The first-order chi connectivity index (χ1) is 16.9. The highest BCUT2D eigenvalue weighted by Gasteiger charge is 2.68. The molecule has 0 spiro atoms. The Kier molecular flexibility index (Phi) is 5.42. The van der Waals surface area contributed by atoms with Gasteiger partial charge in [0.25, 0.3) is 0 Å². The van der Waals surface area contributed by atoms with E-state index < -0.39 is 11.8 Å². The lowest BCUT2D eigenvalue weighted by Crippen LogP contribution is -2.66. The molecular weight excluding hydrogens is 449 g/mol. The van der Waals surface area contributed by atoms with Gasteiger partial charge >= 0.3 is 5.97 Å². The molecule has 6 rings (SSSR count). The van der Waals surface area contributed by atoms with Crippen LogP contribution >= 0.6 is 0 Å². The van der Waals surface area contributed by atoms with E-state index in [4.69, 9.17) is 5.73 Å². The van der Waals surface area contributed by atoms with Gasteiger partial charge < -0.3 is 10.8 Å². The molecule has 9 atom stereocenters. The molecule has 8 unspecified atom stereocenters. The van der Waals surface area contributed by atoms with Crippen molar-refractivity contribution in [3.63, 3.8) is 0 Å². The summed E-state index contributed by atoms with van der Waals surface area (Å²) in [7, 11) is 0. The fourth-order valence-corrected chi connectivity index (χ4v) is 11.1. The first-order valence-electron chi connectivity index (χ1n) is 14.5. The Morgan fingerprint density at radius 1 is 0.972 bits per heavy atom. The van der Waals surface area contributed by atoms with Crippen LogP contribution in [0.15, 0.2) is 24.3 Å². The third-order valence-electron chi connectivity index (χ3n) is 13.2. The smallest absolute Gasteiger partial charge is 0.338 e. The number of rotatable bonds is 2. The topological polar surface area (TPSA) is 63.3 Å². The standard InChI is InChI=1S/C32H44FNO2/c1-19-21(20-7-8-22(28(35)36)26(33)18-20)11-14-29(2)23(19)12-15-31(4)27(29)10-9-24-25-6-5-13-32(25,34)17-16-30(24,31)3/h7-8,11,18-19,23-25,27H,5-6,9-10,12-17,34H2,1-4H3,(H,35,36)/t19?,23?,24?,25?,27?,29?,30-,31?,32?/m1/s1. The zero-order chi connectivity index (χ0) is 25.7. The van der Waals surface area contributed by atoms with E-state index in [9.17, 15) is 14.3 Å². The molecule has 0 aromatic heterocycles. The van der Waals surface area contributed by atoms with Crippen molar-refractivity contribution in [2.24, 2.45) is 51.6 Å². The minimum atomic E-state index is -1.21. The van der Waals surface area contributed by atoms with E-state index in [0.717, 1.165) is 17.9 Å². The number of aromatic carboxylic acids is 1. The molecule has 5 aliphatic rings. The fourth-order valence-electron chi connectivity index (χ4n) is 11.1. The predicted octanol–water partition coefficient (Wildman–Crippen LogP) is 7.69. The Bertz CT molecular complexity index is 1130. The molecule has 0 amide bonds. The Morgan fingerprint density at radius 2 is 1.75 bits per heavy atom. The average molecular weight is 494 g/mol. The Morgan fingerprint density at radius 3 is 2.47 bits per heavy atom. The monoisotopic (exact) mass is 493 g/mol. The summed E-state index contributed by atoms with van der Waals surface area (Å²) in [6, 6.07) is 4.67. The molecule has 4 saturated carbocycles. The van der Waals surface area contributed by atoms with Crippen LogP contribution in [0, 0.1) is 51.7 Å². The second kappa shape index (κ2) is 7.91. The van der Waals surface area contributed by atoms with Crippen LogP contribution in [0.25, 0.3) is 5.57 Å². The number of carbonyl (C=O) groups is 1. The van der Waals surface area contributed by atoms with Gasteiger partial charge in [0.2, 0.25) is 0 Å². The van der Waals surface area contributed by atoms with Crippen molar-refractivity contribution in [2.75, 3.05) is 0 Å². The van der Waals surface area contributed by atoms with Gasteiger partial charge in [0.1, 0.15) is 5.82 Å². The van der Waals surface area contributed by atoms with E-state index in [-0.39, 0.29) is 16.5 Å². The summed E-state index contributed by atoms with van der Waals surface area (Å²) >= 11 is 0. The number of benzene rings is 1. The summed E-state index contributed by atoms with van der Waals surface area (Å²) in [6.45, 7) is 10.2. The van der Waals surface area contributed by atoms with E-state index in [1.165, 1.54) is 75.5 Å². The number of carboxylic acids is 1. The summed E-state index contributed by atoms with van der Waals surface area (Å²) in [5.41, 5.74) is 9.88. The molecule has 0 radical (unpaired) electrons. The summed E-state index contributed by atoms with van der Waals surface area (Å²) in [6.07, 6.45) is 14.9. The number of hydrogen-bond donors (Lipinski definition) is 2. The first kappa shape index (κ1) is 24.6. The molecule has 36 heavy (non-hydrogen) atoms. The molecular formula is C32H44FNO2. The number of fused-ring (bicyclic) bond motifs is 7. The maximum absolute atomic E-state index is 14.6. The van der Waals surface area contributed by atoms with E-state index in [1.807, 2.05) is 0 Å². The largest absolute Gasteiger partial charge is 0.478 e. The molecule has 0 heterocycles. The van der Waals surface area contributed by atoms with Crippen molar-refractivity contribution in [2.45, 2.75) is 97.4 Å². The van der Waals surface area contributed by atoms with Gasteiger partial charge in [0, 0.05) is 5.54 Å². The second-order valence-corrected chi connectivity index (χ2v) is 14.1. The number of carboxylic acid groups (broad SMARTS) is 1. The maximum atomic E-state index is 14.6. The number of nitrogens with two attached hydrogens (primary N) is 1. The summed E-state index contributed by atoms with van der Waals surface area (Å²) < 4.78 is 14.6. The molecule has 4 fully saturated rings. The van der Waals surface area contributed by atoms with E-state index in [2.05, 4.69) is 33.8 Å². The first-order valence-corrected chi connectivity index (χ1v) is 14.5. The van der Waals surface area contributed by atoms with E-state index in [1.54, 1.807) is 6.07 Å². The third-order valence-corrected chi connectivity index (χ3v) is 13.2. The molecule has 1 aromatic carbocycles. The molecule has 3 N–H and O–H groups in total. The van der Waals surface area contributed by atoms with Crippen molar-refractivity contribution in [1.82, 2.24) is 0 Å². The highest BCUT2D eigenvalue weighted by atomic mass is 19.1. The SMILES string of the molecule is CC1C(c2ccc(C(=O)O)c(F)c2)=CCC2(C)C1CCC1(C)C2CCC2C3CCCC3(N)CC[C@]21C. The third kappa shape index (κ3) is 3.09. The molecule has 5 aliphatic carbocycles. The molecule has 0 saturated heterocycles. The number of halogens is 1. The Balaban J connectivity index is 1.33. The maximum Gasteiger partial charge on any atom is 0.338 e. The van der Waals surface area contributed by atoms with Gasteiger partial charge in [0.15, 0.2) is 0 Å². The van der Waals surface area contributed by atoms with Gasteiger partial charge in [-0.3, -0.25) is 0 Å². The van der Waals surface area contributed by atoms with Crippen LogP contribution in [0.3, 0.4) is 0 Å². The molecule has 0 aliphatic heterocycles. The van der Waals surface area contributed by atoms with Crippen LogP contribution in [0.5, 0.6) is 0 Å². The Hall–Kier alpha value is -1.68. The van der Waals surface area contributed by atoms with Gasteiger partial charge in [-0.15, -0.1) is 0 Å². The number of hydrogen-bond acceptors (Lipinski definition) is 2. The van der Waals surface area contributed by atoms with Gasteiger partial charge in [-0.05, 0) is 127 Å². The second-order valence-electron chi connectivity index (χ2n) is 14.1. The number of allylic oxidation sites excluding steroid dienone is 2. The van der Waals surface area contributed by atoms with Crippen LogP contribution < -0.4 is 5.73 Å². The normalized spacial score (nSPS) is 47.7. The average Bonchev–Trinajstić information content (AvgIpc) is 3.21. The Labute approximate surface area is 216 Å². The van der Waals surface area contributed by atoms with Crippen molar-refractivity contribution in [1.29, 1.82) is 0 Å². The van der Waals surface area contributed by atoms with Gasteiger partial charge in [-0.1, -0.05) is 46.3 Å². The summed E-state index contributed by atoms with van der Waals surface area (Å²) in [4.78, 5) is 11.3. The molecule has 4 heteroatoms. The van der Waals surface area contributed by atoms with Crippen molar-refractivity contribution < 1.29 is 14.3 Å². The molecule has 3 nitrogen and oxygen atoms in total. The highest BCUT2D eigenvalue weighted by Crippen LogP contribution is 2.74. The van der Waals surface area contributed by atoms with Gasteiger partial charge in [0.05, 0.1) is 5.56 Å². The molecule has 196 valence electrons. The predicted molar refractivity (Wildman–Crippen MR) is 142 cm³/mol. The lowest BCUT2D eigenvalue weighted by Gasteiger charge is -2.71. The van der Waals surface area contributed by atoms with E-state index in [0.29, 0.717) is 34.5 Å². The van der Waals surface area contributed by atoms with Crippen LogP contribution in [0.4, 0.5) is 4.39 Å². The van der Waals surface area contributed by atoms with Crippen molar-refractivity contribution in [3.05, 3.63) is 41.2 Å². The van der Waals surface area contributed by atoms with Crippen molar-refractivity contribution >= 4 is 11.5 Å². The van der Waals surface area contributed by atoms with Crippen LogP contribution in [0.1, 0.15) is 108 Å². The lowest BCUT2D eigenvalue weighted by molar-refractivity contribution is -0.209. The summed E-state index contributed by atoms with van der Waals surface area (Å²) in [5, 5.41) is 9.25. The minimum absolute atomic E-state index is 0.0942. The molecule has 1 aromatic rings. The quantitative estimate of drug-likeness (QED) is 0.444. The van der Waals surface area contributed by atoms with Crippen LogP contribution in [-0.2, 0) is 0 Å². The van der Waals surface area contributed by atoms with E-state index >= 15 is 0 Å². The zero-order valence-corrected chi connectivity index (χ0v) is 22.6. The minimum Gasteiger partial charge on any atom is -0.478 e. The highest BCUT2D eigenvalue weighted by molar-refractivity contribution is 5.88. The van der Waals surface area contributed by atoms with Crippen molar-refractivity contribution in [3.8, 4) is 0 Å². The van der Waals surface area contributed by atoms with Crippen LogP contribution in [-0.4, -0.2) is 16.6 Å². The lowest BCUT2D eigenvalue weighted by atomic mass is 9.34.